The van der Waals surface area contributed by atoms with Crippen LogP contribution in [0.25, 0.3) is 6.08 Å². The van der Waals surface area contributed by atoms with Crippen LogP contribution in [0.4, 0.5) is 0 Å². The fraction of sp³-hybridized carbons (Fsp3) is 0.136. The fourth-order valence-corrected chi connectivity index (χ4v) is 4.02. The summed E-state index contributed by atoms with van der Waals surface area (Å²) in [7, 11) is 0. The molecule has 0 radical (unpaired) electrons. The van der Waals surface area contributed by atoms with E-state index in [0.717, 1.165) is 5.56 Å². The Hall–Kier alpha value is -2.65. The minimum atomic E-state index is 0.0710. The van der Waals surface area contributed by atoms with Crippen molar-refractivity contribution in [3.63, 3.8) is 0 Å². The Morgan fingerprint density at radius 1 is 1.04 bits per heavy atom. The lowest BCUT2D eigenvalue weighted by atomic mass is 9.84. The number of carbonyl (C=O) groups is 1. The predicted octanol–water partition coefficient (Wildman–Crippen LogP) is 4.94. The van der Waals surface area contributed by atoms with Crippen molar-refractivity contribution in [2.75, 3.05) is 6.54 Å². The average molecular weight is 345 g/mol. The molecule has 0 saturated heterocycles. The van der Waals surface area contributed by atoms with E-state index < -0.39 is 0 Å². The van der Waals surface area contributed by atoms with Crippen LogP contribution < -0.4 is 0 Å². The topological polar surface area (TPSA) is 20.3 Å². The lowest BCUT2D eigenvalue weighted by Crippen LogP contribution is -2.37. The quantitative estimate of drug-likeness (QED) is 0.616. The third-order valence-electron chi connectivity index (χ3n) is 4.67. The molecule has 0 saturated carbocycles. The van der Waals surface area contributed by atoms with E-state index in [1.807, 2.05) is 33.9 Å². The van der Waals surface area contributed by atoms with E-state index in [0.29, 0.717) is 13.1 Å². The molecule has 2 nitrogen and oxygen atoms in total. The molecule has 0 fully saturated rings. The van der Waals surface area contributed by atoms with Crippen LogP contribution in [0.2, 0.25) is 0 Å². The zero-order valence-corrected chi connectivity index (χ0v) is 14.7. The van der Waals surface area contributed by atoms with Gasteiger partial charge >= 0.3 is 0 Å². The van der Waals surface area contributed by atoms with Gasteiger partial charge in [-0.3, -0.25) is 4.79 Å². The molecule has 1 amide bonds. The zero-order chi connectivity index (χ0) is 17.1. The monoisotopic (exact) mass is 345 g/mol. The fourth-order valence-electron chi connectivity index (χ4n) is 3.39. The van der Waals surface area contributed by atoms with Crippen LogP contribution in [0.1, 0.15) is 28.2 Å². The highest BCUT2D eigenvalue weighted by Crippen LogP contribution is 2.33. The molecule has 0 bridgehead atoms. The first-order valence-corrected chi connectivity index (χ1v) is 9.37. The third-order valence-corrected chi connectivity index (χ3v) is 5.37. The van der Waals surface area contributed by atoms with Crippen molar-refractivity contribution >= 4 is 23.3 Å². The Morgan fingerprint density at radius 3 is 2.64 bits per heavy atom. The van der Waals surface area contributed by atoms with E-state index in [2.05, 4.69) is 48.5 Å². The minimum absolute atomic E-state index is 0.0710. The van der Waals surface area contributed by atoms with Gasteiger partial charge in [-0.15, -0.1) is 0 Å². The molecule has 1 aliphatic rings. The molecule has 1 aliphatic heterocycles. The van der Waals surface area contributed by atoms with Crippen molar-refractivity contribution in [1.82, 2.24) is 4.90 Å². The van der Waals surface area contributed by atoms with E-state index in [1.54, 1.807) is 17.4 Å². The maximum absolute atomic E-state index is 12.7. The maximum atomic E-state index is 12.7. The van der Waals surface area contributed by atoms with Crippen LogP contribution in [0.3, 0.4) is 0 Å². The van der Waals surface area contributed by atoms with Gasteiger partial charge < -0.3 is 4.90 Å². The smallest absolute Gasteiger partial charge is 0.246 e. The molecule has 0 aliphatic carbocycles. The molecule has 1 unspecified atom stereocenters. The number of hydrogen-bond donors (Lipinski definition) is 0. The van der Waals surface area contributed by atoms with Crippen LogP contribution in [0, 0.1) is 0 Å². The summed E-state index contributed by atoms with van der Waals surface area (Å²) >= 11 is 1.64. The van der Waals surface area contributed by atoms with Crippen LogP contribution in [-0.4, -0.2) is 17.4 Å². The van der Waals surface area contributed by atoms with Gasteiger partial charge in [0.05, 0.1) is 0 Å². The highest BCUT2D eigenvalue weighted by Gasteiger charge is 2.27. The molecule has 1 aromatic heterocycles. The molecule has 124 valence electrons. The molecule has 0 N–H and O–H groups in total. The summed E-state index contributed by atoms with van der Waals surface area (Å²) < 4.78 is 0. The van der Waals surface area contributed by atoms with Crippen LogP contribution in [-0.2, 0) is 11.3 Å². The van der Waals surface area contributed by atoms with Gasteiger partial charge in [-0.05, 0) is 45.2 Å². The zero-order valence-electron chi connectivity index (χ0n) is 13.8. The summed E-state index contributed by atoms with van der Waals surface area (Å²) in [4.78, 5) is 14.7. The second kappa shape index (κ2) is 7.08. The Morgan fingerprint density at radius 2 is 1.84 bits per heavy atom. The first-order valence-electron chi connectivity index (χ1n) is 8.43. The molecular weight excluding hydrogens is 326 g/mol. The van der Waals surface area contributed by atoms with E-state index >= 15 is 0 Å². The van der Waals surface area contributed by atoms with E-state index in [1.165, 1.54) is 16.7 Å². The highest BCUT2D eigenvalue weighted by molar-refractivity contribution is 7.08. The third kappa shape index (κ3) is 3.42. The molecule has 2 heterocycles. The Balaban J connectivity index is 1.62. The molecule has 4 rings (SSSR count). The Labute approximate surface area is 152 Å². The van der Waals surface area contributed by atoms with Crippen molar-refractivity contribution in [2.45, 2.75) is 12.5 Å². The van der Waals surface area contributed by atoms with Gasteiger partial charge in [-0.25, -0.2) is 0 Å². The first-order chi connectivity index (χ1) is 12.3. The molecule has 1 atom stereocenters. The predicted molar refractivity (Wildman–Crippen MR) is 103 cm³/mol. The SMILES string of the molecule is O=C(C=Cc1ccsc1)N1Cc2ccccc2C(c2ccccc2)C1. The molecular formula is C22H19NOS. The van der Waals surface area contributed by atoms with Gasteiger partial charge in [0.25, 0.3) is 0 Å². The summed E-state index contributed by atoms with van der Waals surface area (Å²) in [5.74, 6) is 0.297. The van der Waals surface area contributed by atoms with E-state index in [9.17, 15) is 4.79 Å². The van der Waals surface area contributed by atoms with Crippen LogP contribution in [0.5, 0.6) is 0 Å². The largest absolute Gasteiger partial charge is 0.334 e. The number of nitrogens with zero attached hydrogens (tertiary/aromatic N) is 1. The minimum Gasteiger partial charge on any atom is -0.334 e. The Kier molecular flexibility index (Phi) is 4.49. The number of fused-ring (bicyclic) bond motifs is 1. The number of hydrogen-bond acceptors (Lipinski definition) is 2. The maximum Gasteiger partial charge on any atom is 0.246 e. The summed E-state index contributed by atoms with van der Waals surface area (Å²) in [5, 5.41) is 4.06. The number of rotatable bonds is 3. The van der Waals surface area contributed by atoms with Crippen LogP contribution >= 0.6 is 11.3 Å². The van der Waals surface area contributed by atoms with Gasteiger partial charge in [0.2, 0.25) is 5.91 Å². The van der Waals surface area contributed by atoms with Crippen molar-refractivity contribution in [2.24, 2.45) is 0 Å². The summed E-state index contributed by atoms with van der Waals surface area (Å²) in [5.41, 5.74) is 4.91. The number of benzene rings is 2. The molecule has 0 spiro atoms. The lowest BCUT2D eigenvalue weighted by Gasteiger charge is -2.34. The standard InChI is InChI=1S/C22H19NOS/c24-22(11-10-17-12-13-25-16-17)23-14-19-8-4-5-9-20(19)21(15-23)18-6-2-1-3-7-18/h1-13,16,21H,14-15H2. The van der Waals surface area contributed by atoms with Crippen LogP contribution in [0.15, 0.2) is 77.5 Å². The second-order valence-corrected chi connectivity index (χ2v) is 7.05. The van der Waals surface area contributed by atoms with Crippen molar-refractivity contribution in [3.8, 4) is 0 Å². The second-order valence-electron chi connectivity index (χ2n) is 6.27. The highest BCUT2D eigenvalue weighted by atomic mass is 32.1. The van der Waals surface area contributed by atoms with Crippen molar-refractivity contribution in [1.29, 1.82) is 0 Å². The van der Waals surface area contributed by atoms with Gasteiger partial charge in [-0.2, -0.15) is 11.3 Å². The van der Waals surface area contributed by atoms with Gasteiger partial charge in [0.15, 0.2) is 0 Å². The average Bonchev–Trinajstić information content (AvgIpc) is 3.19. The summed E-state index contributed by atoms with van der Waals surface area (Å²) in [6, 6.07) is 20.9. The first kappa shape index (κ1) is 15.9. The number of amides is 1. The van der Waals surface area contributed by atoms with Crippen molar-refractivity contribution < 1.29 is 4.79 Å². The van der Waals surface area contributed by atoms with Crippen molar-refractivity contribution in [3.05, 3.63) is 99.8 Å². The summed E-state index contributed by atoms with van der Waals surface area (Å²) in [6.07, 6.45) is 3.59. The Bertz CT molecular complexity index is 883. The molecule has 3 heteroatoms. The van der Waals surface area contributed by atoms with E-state index in [-0.39, 0.29) is 11.8 Å². The molecule has 3 aromatic rings. The number of thiophene rings is 1. The van der Waals surface area contributed by atoms with Gasteiger partial charge in [0, 0.05) is 25.1 Å². The molecule has 25 heavy (non-hydrogen) atoms. The molecule has 2 aromatic carbocycles. The normalized spacial score (nSPS) is 16.8. The summed E-state index contributed by atoms with van der Waals surface area (Å²) in [6.45, 7) is 1.39. The van der Waals surface area contributed by atoms with E-state index in [4.69, 9.17) is 0 Å². The lowest BCUT2D eigenvalue weighted by molar-refractivity contribution is -0.127. The van der Waals surface area contributed by atoms with Gasteiger partial charge in [-0.1, -0.05) is 54.6 Å². The van der Waals surface area contributed by atoms with Gasteiger partial charge in [0.1, 0.15) is 0 Å². The number of carbonyl (C=O) groups excluding carboxylic acids is 1.